The van der Waals surface area contributed by atoms with Crippen molar-refractivity contribution >= 4 is 17.5 Å². The smallest absolute Gasteiger partial charge is 0.450 e. The predicted molar refractivity (Wildman–Crippen MR) is 62.8 cm³/mol. The van der Waals surface area contributed by atoms with E-state index in [2.05, 4.69) is 0 Å². The second-order valence-electron chi connectivity index (χ2n) is 4.05. The van der Waals surface area contributed by atoms with Crippen LogP contribution < -0.4 is 0 Å². The van der Waals surface area contributed by atoms with Gasteiger partial charge < -0.3 is 5.11 Å². The lowest BCUT2D eigenvalue weighted by Crippen LogP contribution is -2.25. The van der Waals surface area contributed by atoms with Gasteiger partial charge in [0.2, 0.25) is 5.78 Å². The van der Waals surface area contributed by atoms with Gasteiger partial charge in [0.05, 0.1) is 12.0 Å². The molecule has 0 fully saturated rings. The van der Waals surface area contributed by atoms with Gasteiger partial charge in [-0.2, -0.15) is 13.2 Å². The van der Waals surface area contributed by atoms with Crippen LogP contribution in [0.4, 0.5) is 13.2 Å². The van der Waals surface area contributed by atoms with Crippen LogP contribution >= 0.6 is 0 Å². The van der Waals surface area contributed by atoms with Gasteiger partial charge in [-0.3, -0.25) is 9.59 Å². The fraction of sp³-hybridized carbons (Fsp3) is 0.308. The number of hydrogen-bond donors (Lipinski definition) is 1. The van der Waals surface area contributed by atoms with E-state index in [1.165, 1.54) is 6.07 Å². The summed E-state index contributed by atoms with van der Waals surface area (Å²) in [5, 5.41) is 8.89. The van der Waals surface area contributed by atoms with Crippen molar-refractivity contribution in [2.75, 3.05) is 0 Å². The van der Waals surface area contributed by atoms with Gasteiger partial charge >= 0.3 is 12.1 Å². The highest BCUT2D eigenvalue weighted by Gasteiger charge is 2.39. The van der Waals surface area contributed by atoms with Crippen LogP contribution in [0.2, 0.25) is 0 Å². The van der Waals surface area contributed by atoms with Crippen molar-refractivity contribution in [2.45, 2.75) is 25.9 Å². The number of benzene rings is 1. The van der Waals surface area contributed by atoms with E-state index in [0.717, 1.165) is 12.1 Å². The molecule has 4 nitrogen and oxygen atoms in total. The molecule has 1 aromatic rings. The molecule has 108 valence electrons. The van der Waals surface area contributed by atoms with Crippen molar-refractivity contribution < 1.29 is 32.7 Å². The molecule has 1 aromatic carbocycles. The first-order chi connectivity index (χ1) is 9.16. The molecule has 0 aliphatic heterocycles. The van der Waals surface area contributed by atoms with E-state index in [4.69, 9.17) is 5.11 Å². The van der Waals surface area contributed by atoms with Crippen LogP contribution in [0, 0.1) is 0 Å². The zero-order chi connectivity index (χ0) is 15.5. The minimum atomic E-state index is -5.05. The highest BCUT2D eigenvalue weighted by molar-refractivity contribution is 6.09. The van der Waals surface area contributed by atoms with E-state index in [-0.39, 0.29) is 11.1 Å². The number of carbonyl (C=O) groups is 3. The second-order valence-corrected chi connectivity index (χ2v) is 4.05. The molecule has 0 aliphatic rings. The van der Waals surface area contributed by atoms with Crippen molar-refractivity contribution in [1.82, 2.24) is 0 Å². The van der Waals surface area contributed by atoms with Crippen LogP contribution in [-0.2, 0) is 11.2 Å². The number of ketones is 2. The number of carbonyl (C=O) groups excluding carboxylic acids is 2. The van der Waals surface area contributed by atoms with Gasteiger partial charge in [-0.05, 0) is 24.1 Å². The molecular weight excluding hydrogens is 277 g/mol. The zero-order valence-electron chi connectivity index (χ0n) is 10.5. The van der Waals surface area contributed by atoms with Crippen molar-refractivity contribution in [3.63, 3.8) is 0 Å². The lowest BCUT2D eigenvalue weighted by molar-refractivity contribution is -0.170. The third kappa shape index (κ3) is 3.66. The van der Waals surface area contributed by atoms with Crippen molar-refractivity contribution in [1.29, 1.82) is 0 Å². The number of rotatable bonds is 5. The maximum atomic E-state index is 12.1. The highest BCUT2D eigenvalue weighted by Crippen LogP contribution is 2.20. The van der Waals surface area contributed by atoms with Gasteiger partial charge in [0.25, 0.3) is 0 Å². The summed E-state index contributed by atoms with van der Waals surface area (Å²) < 4.78 is 36.2. The molecule has 0 spiro atoms. The monoisotopic (exact) mass is 288 g/mol. The van der Waals surface area contributed by atoms with Crippen LogP contribution in [0.1, 0.15) is 39.6 Å². The fourth-order valence-electron chi connectivity index (χ4n) is 1.62. The van der Waals surface area contributed by atoms with Gasteiger partial charge in [-0.15, -0.1) is 0 Å². The van der Waals surface area contributed by atoms with E-state index < -0.39 is 30.1 Å². The Labute approximate surface area is 112 Å². The van der Waals surface area contributed by atoms with E-state index in [9.17, 15) is 27.6 Å². The summed E-state index contributed by atoms with van der Waals surface area (Å²) in [7, 11) is 0. The molecule has 0 heterocycles. The molecule has 20 heavy (non-hydrogen) atoms. The average molecular weight is 288 g/mol. The van der Waals surface area contributed by atoms with Crippen LogP contribution in [0.3, 0.4) is 0 Å². The summed E-state index contributed by atoms with van der Waals surface area (Å²) >= 11 is 0. The first kappa shape index (κ1) is 15.9. The van der Waals surface area contributed by atoms with E-state index in [1.807, 2.05) is 0 Å². The molecule has 0 amide bonds. The zero-order valence-corrected chi connectivity index (χ0v) is 10.5. The molecule has 0 bridgehead atoms. The minimum absolute atomic E-state index is 0.0220. The lowest BCUT2D eigenvalue weighted by Gasteiger charge is -2.07. The molecule has 0 saturated heterocycles. The summed E-state index contributed by atoms with van der Waals surface area (Å²) in [4.78, 5) is 33.2. The molecule has 7 heteroatoms. The predicted octanol–water partition coefficient (Wildman–Crippen LogP) is 2.65. The van der Waals surface area contributed by atoms with Crippen molar-refractivity contribution in [3.8, 4) is 0 Å². The Bertz CT molecular complexity index is 561. The Morgan fingerprint density at radius 3 is 2.25 bits per heavy atom. The Morgan fingerprint density at radius 2 is 1.80 bits per heavy atom. The summed E-state index contributed by atoms with van der Waals surface area (Å²) in [6.45, 7) is 1.65. The third-order valence-corrected chi connectivity index (χ3v) is 2.68. The van der Waals surface area contributed by atoms with Gasteiger partial charge in [0.1, 0.15) is 0 Å². The van der Waals surface area contributed by atoms with E-state index in [1.54, 1.807) is 6.92 Å². The van der Waals surface area contributed by atoms with E-state index in [0.29, 0.717) is 12.0 Å². The maximum Gasteiger partial charge on any atom is 0.450 e. The second kappa shape index (κ2) is 5.85. The van der Waals surface area contributed by atoms with Crippen LogP contribution in [0.5, 0.6) is 0 Å². The number of Topliss-reactive ketones (excluding diaryl/α,β-unsaturated/α-hetero) is 2. The number of aryl methyl sites for hydroxylation is 1. The van der Waals surface area contributed by atoms with Crippen LogP contribution in [-0.4, -0.2) is 28.8 Å². The molecular formula is C13H11F3O4. The summed E-state index contributed by atoms with van der Waals surface area (Å²) in [6.07, 6.45) is -6.03. The van der Waals surface area contributed by atoms with Gasteiger partial charge in [-0.1, -0.05) is 13.0 Å². The Balaban J connectivity index is 3.01. The van der Waals surface area contributed by atoms with Crippen molar-refractivity contribution in [2.24, 2.45) is 0 Å². The third-order valence-electron chi connectivity index (χ3n) is 2.68. The average Bonchev–Trinajstić information content (AvgIpc) is 2.36. The fourth-order valence-corrected chi connectivity index (χ4v) is 1.62. The SMILES string of the molecule is CCc1cc(C(=O)CC(=O)C(F)(F)F)ccc1C(=O)O. The Hall–Kier alpha value is -2.18. The molecule has 0 aromatic heterocycles. The molecule has 0 atom stereocenters. The number of alkyl halides is 3. The molecule has 0 saturated carbocycles. The number of hydrogen-bond acceptors (Lipinski definition) is 3. The summed E-state index contributed by atoms with van der Waals surface area (Å²) in [5.74, 6) is -4.30. The topological polar surface area (TPSA) is 71.4 Å². The Morgan fingerprint density at radius 1 is 1.20 bits per heavy atom. The maximum absolute atomic E-state index is 12.1. The van der Waals surface area contributed by atoms with Gasteiger partial charge in [0, 0.05) is 5.56 Å². The number of carboxylic acids is 1. The summed E-state index contributed by atoms with van der Waals surface area (Å²) in [5.41, 5.74) is 0.193. The molecule has 0 radical (unpaired) electrons. The first-order valence-electron chi connectivity index (χ1n) is 5.66. The molecule has 1 N–H and O–H groups in total. The number of aromatic carboxylic acids is 1. The molecule has 0 aliphatic carbocycles. The van der Waals surface area contributed by atoms with E-state index >= 15 is 0 Å². The summed E-state index contributed by atoms with van der Waals surface area (Å²) in [6, 6.07) is 3.45. The van der Waals surface area contributed by atoms with Crippen molar-refractivity contribution in [3.05, 3.63) is 34.9 Å². The Kier molecular flexibility index (Phi) is 4.65. The molecule has 0 unspecified atom stereocenters. The first-order valence-corrected chi connectivity index (χ1v) is 5.66. The largest absolute Gasteiger partial charge is 0.478 e. The quantitative estimate of drug-likeness (QED) is 0.668. The minimum Gasteiger partial charge on any atom is -0.478 e. The standard InChI is InChI=1S/C13H11F3O4/c1-2-7-5-8(3-4-9(7)12(19)20)10(17)6-11(18)13(14,15)16/h3-5H,2,6H2,1H3,(H,19,20). The normalized spacial score (nSPS) is 11.2. The highest BCUT2D eigenvalue weighted by atomic mass is 19.4. The van der Waals surface area contributed by atoms with Gasteiger partial charge in [-0.25, -0.2) is 4.79 Å². The van der Waals surface area contributed by atoms with Crippen LogP contribution in [0.15, 0.2) is 18.2 Å². The van der Waals surface area contributed by atoms with Gasteiger partial charge in [0.15, 0.2) is 5.78 Å². The number of halogens is 3. The molecule has 1 rings (SSSR count). The lowest BCUT2D eigenvalue weighted by atomic mass is 9.98. The number of carboxylic acid groups (broad SMARTS) is 1. The van der Waals surface area contributed by atoms with Crippen LogP contribution in [0.25, 0.3) is 0 Å².